The lowest BCUT2D eigenvalue weighted by molar-refractivity contribution is -0.144. The zero-order chi connectivity index (χ0) is 22.0. The summed E-state index contributed by atoms with van der Waals surface area (Å²) in [5.41, 5.74) is 1.64. The number of carbonyl (C=O) groups excluding carboxylic acids is 2. The van der Waals surface area contributed by atoms with E-state index in [1.165, 1.54) is 60.2 Å². The molecule has 0 N–H and O–H groups in total. The van der Waals surface area contributed by atoms with Crippen LogP contribution in [-0.2, 0) is 19.1 Å². The van der Waals surface area contributed by atoms with E-state index in [0.717, 1.165) is 0 Å². The lowest BCUT2D eigenvalue weighted by Crippen LogP contribution is -2.55. The van der Waals surface area contributed by atoms with Gasteiger partial charge < -0.3 is 9.64 Å². The number of halogens is 2. The van der Waals surface area contributed by atoms with Crippen LogP contribution in [0.15, 0.2) is 78.9 Å². The van der Waals surface area contributed by atoms with E-state index in [9.17, 15) is 18.4 Å². The minimum Gasteiger partial charge on any atom is -0.468 e. The van der Waals surface area contributed by atoms with Crippen LogP contribution in [0.1, 0.15) is 17.2 Å². The van der Waals surface area contributed by atoms with Crippen LogP contribution in [0.5, 0.6) is 0 Å². The molecule has 0 aliphatic carbocycles. The van der Waals surface area contributed by atoms with Crippen molar-refractivity contribution in [2.24, 2.45) is 0 Å². The number of thioether (sulfide) groups is 1. The third-order valence-electron chi connectivity index (χ3n) is 5.32. The molecule has 4 nitrogen and oxygen atoms in total. The molecule has 3 aromatic carbocycles. The van der Waals surface area contributed by atoms with Gasteiger partial charge in [-0.05, 0) is 47.5 Å². The fourth-order valence-electron chi connectivity index (χ4n) is 3.94. The van der Waals surface area contributed by atoms with Crippen LogP contribution in [0.25, 0.3) is 0 Å². The Bertz CT molecular complexity index is 1090. The first-order valence-electron chi connectivity index (χ1n) is 9.58. The maximum atomic E-state index is 13.7. The number of carbonyl (C=O) groups is 2. The summed E-state index contributed by atoms with van der Waals surface area (Å²) in [4.78, 5) is 28.0. The van der Waals surface area contributed by atoms with Crippen LogP contribution >= 0.6 is 11.8 Å². The second-order valence-electron chi connectivity index (χ2n) is 7.08. The van der Waals surface area contributed by atoms with Crippen molar-refractivity contribution in [3.8, 4) is 0 Å². The quantitative estimate of drug-likeness (QED) is 0.545. The SMILES string of the molecule is COC(=O)[C@]1(c2ccccc2)SCC(=O)N(c2ccc(F)cc2)[C@H]1c1ccc(F)cc1. The summed E-state index contributed by atoms with van der Waals surface area (Å²) < 4.78 is 31.2. The van der Waals surface area contributed by atoms with Crippen molar-refractivity contribution in [1.29, 1.82) is 0 Å². The van der Waals surface area contributed by atoms with E-state index in [1.54, 1.807) is 36.4 Å². The molecule has 31 heavy (non-hydrogen) atoms. The monoisotopic (exact) mass is 439 g/mol. The van der Waals surface area contributed by atoms with Crippen molar-refractivity contribution in [2.75, 3.05) is 17.8 Å². The highest BCUT2D eigenvalue weighted by Gasteiger charge is 2.56. The van der Waals surface area contributed by atoms with E-state index in [0.29, 0.717) is 16.8 Å². The molecule has 2 atom stereocenters. The number of nitrogens with zero attached hydrogens (tertiary/aromatic N) is 1. The summed E-state index contributed by atoms with van der Waals surface area (Å²) in [6.45, 7) is 0. The summed E-state index contributed by atoms with van der Waals surface area (Å²) in [5.74, 6) is -1.64. The van der Waals surface area contributed by atoms with Gasteiger partial charge in [0.15, 0.2) is 4.75 Å². The second kappa shape index (κ2) is 8.51. The van der Waals surface area contributed by atoms with Gasteiger partial charge in [-0.15, -0.1) is 11.8 Å². The highest BCUT2D eigenvalue weighted by atomic mass is 32.2. The smallest absolute Gasteiger partial charge is 0.329 e. The highest BCUT2D eigenvalue weighted by molar-refractivity contribution is 8.01. The molecule has 1 amide bonds. The Hall–Kier alpha value is -3.19. The lowest BCUT2D eigenvalue weighted by Gasteiger charge is -2.47. The van der Waals surface area contributed by atoms with E-state index >= 15 is 0 Å². The number of hydrogen-bond donors (Lipinski definition) is 0. The van der Waals surface area contributed by atoms with Crippen molar-refractivity contribution < 1.29 is 23.1 Å². The van der Waals surface area contributed by atoms with Gasteiger partial charge in [-0.2, -0.15) is 0 Å². The number of amides is 1. The Morgan fingerprint density at radius 2 is 1.55 bits per heavy atom. The maximum absolute atomic E-state index is 13.7. The van der Waals surface area contributed by atoms with Crippen molar-refractivity contribution in [3.05, 3.63) is 102 Å². The Morgan fingerprint density at radius 1 is 0.968 bits per heavy atom. The van der Waals surface area contributed by atoms with Gasteiger partial charge >= 0.3 is 5.97 Å². The van der Waals surface area contributed by atoms with Gasteiger partial charge in [0.1, 0.15) is 11.6 Å². The Balaban J connectivity index is 2.00. The minimum atomic E-state index is -1.31. The Kier molecular flexibility index (Phi) is 5.78. The minimum absolute atomic E-state index is 0.0130. The molecule has 158 valence electrons. The van der Waals surface area contributed by atoms with Crippen molar-refractivity contribution in [2.45, 2.75) is 10.8 Å². The first kappa shape index (κ1) is 21.1. The van der Waals surface area contributed by atoms with Crippen LogP contribution in [0.3, 0.4) is 0 Å². The second-order valence-corrected chi connectivity index (χ2v) is 8.30. The van der Waals surface area contributed by atoms with E-state index in [4.69, 9.17) is 4.74 Å². The molecule has 0 aromatic heterocycles. The summed E-state index contributed by atoms with van der Waals surface area (Å²) >= 11 is 1.18. The van der Waals surface area contributed by atoms with Crippen molar-refractivity contribution in [3.63, 3.8) is 0 Å². The van der Waals surface area contributed by atoms with Crippen LogP contribution in [0, 0.1) is 11.6 Å². The Labute approximate surface area is 182 Å². The van der Waals surface area contributed by atoms with Gasteiger partial charge in [-0.1, -0.05) is 42.5 Å². The molecule has 1 saturated heterocycles. The van der Waals surface area contributed by atoms with Gasteiger partial charge in [0.25, 0.3) is 0 Å². The molecule has 0 bridgehead atoms. The molecule has 0 unspecified atom stereocenters. The van der Waals surface area contributed by atoms with Gasteiger partial charge in [-0.25, -0.2) is 8.78 Å². The zero-order valence-corrected chi connectivity index (χ0v) is 17.4. The fraction of sp³-hybridized carbons (Fsp3) is 0.167. The first-order valence-corrected chi connectivity index (χ1v) is 10.6. The predicted molar refractivity (Wildman–Crippen MR) is 116 cm³/mol. The van der Waals surface area contributed by atoms with Gasteiger partial charge in [0.2, 0.25) is 5.91 Å². The maximum Gasteiger partial charge on any atom is 0.329 e. The molecule has 3 aromatic rings. The van der Waals surface area contributed by atoms with Crippen LogP contribution < -0.4 is 4.90 Å². The normalized spacial score (nSPS) is 21.1. The molecule has 0 saturated carbocycles. The Morgan fingerprint density at radius 3 is 2.13 bits per heavy atom. The van der Waals surface area contributed by atoms with E-state index in [1.807, 2.05) is 6.07 Å². The van der Waals surface area contributed by atoms with Crippen LogP contribution in [0.4, 0.5) is 14.5 Å². The average Bonchev–Trinajstić information content (AvgIpc) is 2.80. The molecule has 1 fully saturated rings. The van der Waals surface area contributed by atoms with Crippen LogP contribution in [0.2, 0.25) is 0 Å². The molecule has 1 aliphatic heterocycles. The molecule has 4 rings (SSSR count). The largest absolute Gasteiger partial charge is 0.468 e. The predicted octanol–water partition coefficient (Wildman–Crippen LogP) is 4.85. The number of hydrogen-bond acceptors (Lipinski definition) is 4. The molecule has 0 spiro atoms. The number of rotatable bonds is 4. The van der Waals surface area contributed by atoms with Gasteiger partial charge in [0, 0.05) is 5.69 Å². The highest BCUT2D eigenvalue weighted by Crippen LogP contribution is 2.54. The number of methoxy groups -OCH3 is 1. The van der Waals surface area contributed by atoms with E-state index in [2.05, 4.69) is 0 Å². The van der Waals surface area contributed by atoms with E-state index in [-0.39, 0.29) is 11.7 Å². The third kappa shape index (κ3) is 3.70. The molecular formula is C24H19F2NO3S. The average molecular weight is 439 g/mol. The lowest BCUT2D eigenvalue weighted by atomic mass is 9.84. The number of esters is 1. The van der Waals surface area contributed by atoms with Crippen molar-refractivity contribution >= 4 is 29.3 Å². The number of ether oxygens (including phenoxy) is 1. The summed E-state index contributed by atoms with van der Waals surface area (Å²) in [7, 11) is 1.30. The third-order valence-corrected chi connectivity index (χ3v) is 6.79. The number of benzene rings is 3. The summed E-state index contributed by atoms with van der Waals surface area (Å²) in [5, 5.41) is 0. The van der Waals surface area contributed by atoms with E-state index < -0.39 is 28.4 Å². The summed E-state index contributed by atoms with van der Waals surface area (Å²) in [6, 6.07) is 19.4. The fourth-order valence-corrected chi connectivity index (χ4v) is 5.33. The molecular weight excluding hydrogens is 420 g/mol. The first-order chi connectivity index (χ1) is 15.0. The van der Waals surface area contributed by atoms with Gasteiger partial charge in [-0.3, -0.25) is 9.59 Å². The number of anilines is 1. The molecule has 7 heteroatoms. The molecule has 1 heterocycles. The zero-order valence-electron chi connectivity index (χ0n) is 16.6. The van der Waals surface area contributed by atoms with Crippen molar-refractivity contribution in [1.82, 2.24) is 0 Å². The topological polar surface area (TPSA) is 46.6 Å². The summed E-state index contributed by atoms with van der Waals surface area (Å²) in [6.07, 6.45) is 0. The molecule has 0 radical (unpaired) electrons. The van der Waals surface area contributed by atoms with Gasteiger partial charge in [0.05, 0.1) is 18.9 Å². The molecule has 1 aliphatic rings. The van der Waals surface area contributed by atoms with Crippen LogP contribution in [-0.4, -0.2) is 24.7 Å². The standard InChI is InChI=1S/C24H19F2NO3S/c1-30-23(29)24(17-5-3-2-4-6-17)22(16-7-9-18(25)10-8-16)27(21(28)15-31-24)20-13-11-19(26)12-14-20/h2-14,22H,15H2,1H3/t22-,24+/m0/s1.